The van der Waals surface area contributed by atoms with E-state index in [1.807, 2.05) is 20.8 Å². The highest BCUT2D eigenvalue weighted by atomic mass is 32.1. The molecule has 9 heteroatoms. The van der Waals surface area contributed by atoms with Gasteiger partial charge >= 0.3 is 5.69 Å². The van der Waals surface area contributed by atoms with E-state index in [4.69, 9.17) is 10.5 Å². The van der Waals surface area contributed by atoms with E-state index in [9.17, 15) is 14.4 Å². The van der Waals surface area contributed by atoms with Gasteiger partial charge in [-0.05, 0) is 45.2 Å². The van der Waals surface area contributed by atoms with Crippen LogP contribution in [0, 0.1) is 0 Å². The molecule has 2 aromatic heterocycles. The summed E-state index contributed by atoms with van der Waals surface area (Å²) < 4.78 is 8.60. The second kappa shape index (κ2) is 8.81. The Kier molecular flexibility index (Phi) is 6.60. The Bertz CT molecular complexity index is 1020. The Morgan fingerprint density at radius 1 is 1.28 bits per heavy atom. The molecule has 0 aliphatic carbocycles. The molecule has 0 atom stereocenters. The Balaban J connectivity index is 2.05. The van der Waals surface area contributed by atoms with Crippen molar-refractivity contribution in [2.24, 2.45) is 5.73 Å². The first-order valence-electron chi connectivity index (χ1n) is 10.2. The first-order valence-corrected chi connectivity index (χ1v) is 11.0. The monoisotopic (exact) mass is 422 g/mol. The number of ether oxygens (including phenoxy) is 1. The van der Waals surface area contributed by atoms with Crippen LogP contribution in [0.1, 0.15) is 50.5 Å². The number of nitrogens with one attached hydrogen (secondary N) is 1. The van der Waals surface area contributed by atoms with Gasteiger partial charge < -0.3 is 15.8 Å². The largest absolute Gasteiger partial charge is 0.370 e. The fraction of sp³-hybridized carbons (Fsp3) is 0.650. The molecule has 0 saturated carbocycles. The lowest BCUT2D eigenvalue weighted by Crippen LogP contribution is -2.44. The molecule has 3 heterocycles. The molecule has 8 nitrogen and oxygen atoms in total. The molecule has 29 heavy (non-hydrogen) atoms. The van der Waals surface area contributed by atoms with Crippen molar-refractivity contribution in [1.82, 2.24) is 14.5 Å². The quantitative estimate of drug-likeness (QED) is 0.624. The van der Waals surface area contributed by atoms with Crippen LogP contribution in [0.3, 0.4) is 0 Å². The highest BCUT2D eigenvalue weighted by Crippen LogP contribution is 2.37. The number of carbonyl (C=O) groups is 1. The second-order valence-electron chi connectivity index (χ2n) is 8.08. The number of carbonyl (C=O) groups excluding carboxylic acids is 1. The van der Waals surface area contributed by atoms with Crippen molar-refractivity contribution in [3.8, 4) is 0 Å². The van der Waals surface area contributed by atoms with Crippen molar-refractivity contribution < 1.29 is 9.53 Å². The normalized spacial score (nSPS) is 15.4. The van der Waals surface area contributed by atoms with Crippen molar-refractivity contribution in [2.45, 2.75) is 71.8 Å². The summed E-state index contributed by atoms with van der Waals surface area (Å²) in [5.41, 5.74) is 5.23. The molecular formula is C20H30N4O4S. The maximum absolute atomic E-state index is 13.3. The minimum Gasteiger partial charge on any atom is -0.370 e. The minimum atomic E-state index is -0.430. The van der Waals surface area contributed by atoms with Crippen LogP contribution in [0.4, 0.5) is 0 Å². The molecule has 3 rings (SSSR count). The number of aryl methyl sites for hydroxylation is 1. The van der Waals surface area contributed by atoms with Crippen LogP contribution >= 0.6 is 11.3 Å². The molecule has 2 aromatic rings. The fourth-order valence-electron chi connectivity index (χ4n) is 3.66. The third kappa shape index (κ3) is 4.46. The van der Waals surface area contributed by atoms with E-state index in [0.717, 1.165) is 34.3 Å². The summed E-state index contributed by atoms with van der Waals surface area (Å²) in [5, 5.41) is 3.33. The molecule has 160 valence electrons. The predicted molar refractivity (Wildman–Crippen MR) is 115 cm³/mol. The van der Waals surface area contributed by atoms with Gasteiger partial charge in [-0.1, -0.05) is 6.92 Å². The number of unbranched alkanes of at least 4 members (excludes halogenated alkanes) is 1. The molecule has 0 radical (unpaired) electrons. The Labute approximate surface area is 173 Å². The standard InChI is InChI=1S/C20H30N4O4S/c1-4-9-23-18-16(13-10-20(2,3)28-12-14(13)29-18)17(26)24(19(23)27)11-15(25)22-8-6-5-7-21/h4-12,21H2,1-3H3,(H,22,25). The Morgan fingerprint density at radius 3 is 2.72 bits per heavy atom. The van der Waals surface area contributed by atoms with Gasteiger partial charge in [-0.15, -0.1) is 11.3 Å². The average Bonchev–Trinajstić information content (AvgIpc) is 3.03. The fourth-order valence-corrected chi connectivity index (χ4v) is 4.90. The molecule has 1 amide bonds. The summed E-state index contributed by atoms with van der Waals surface area (Å²) in [7, 11) is 0. The smallest absolute Gasteiger partial charge is 0.332 e. The van der Waals surface area contributed by atoms with Crippen molar-refractivity contribution in [1.29, 1.82) is 0 Å². The first kappa shape index (κ1) is 21.7. The van der Waals surface area contributed by atoms with Crippen LogP contribution in [0.25, 0.3) is 10.2 Å². The zero-order chi connectivity index (χ0) is 21.2. The summed E-state index contributed by atoms with van der Waals surface area (Å²) in [6.45, 7) is 7.68. The van der Waals surface area contributed by atoms with E-state index < -0.39 is 5.69 Å². The first-order chi connectivity index (χ1) is 13.8. The van der Waals surface area contributed by atoms with Gasteiger partial charge in [0.2, 0.25) is 5.91 Å². The summed E-state index contributed by atoms with van der Waals surface area (Å²) in [6.07, 6.45) is 2.94. The van der Waals surface area contributed by atoms with Crippen molar-refractivity contribution in [3.05, 3.63) is 31.3 Å². The molecule has 1 aliphatic heterocycles. The van der Waals surface area contributed by atoms with Gasteiger partial charge in [0, 0.05) is 24.4 Å². The van der Waals surface area contributed by atoms with Crippen molar-refractivity contribution in [3.63, 3.8) is 0 Å². The lowest BCUT2D eigenvalue weighted by molar-refractivity contribution is -0.121. The molecular weight excluding hydrogens is 392 g/mol. The molecule has 0 spiro atoms. The molecule has 0 unspecified atom stereocenters. The summed E-state index contributed by atoms with van der Waals surface area (Å²) >= 11 is 1.45. The number of hydrogen-bond donors (Lipinski definition) is 2. The molecule has 0 bridgehead atoms. The van der Waals surface area contributed by atoms with E-state index in [1.54, 1.807) is 4.57 Å². The van der Waals surface area contributed by atoms with Crippen molar-refractivity contribution in [2.75, 3.05) is 13.1 Å². The van der Waals surface area contributed by atoms with E-state index >= 15 is 0 Å². The van der Waals surface area contributed by atoms with E-state index in [2.05, 4.69) is 5.32 Å². The Hall–Kier alpha value is -1.97. The molecule has 0 aromatic carbocycles. The van der Waals surface area contributed by atoms with Crippen LogP contribution in [0.2, 0.25) is 0 Å². The SMILES string of the molecule is CCCn1c(=O)n(CC(=O)NCCCCN)c(=O)c2c3c(sc21)COC(C)(C)C3. The zero-order valence-electron chi connectivity index (χ0n) is 17.4. The van der Waals surface area contributed by atoms with Crippen LogP contribution in [-0.4, -0.2) is 33.7 Å². The van der Waals surface area contributed by atoms with E-state index in [1.165, 1.54) is 11.3 Å². The predicted octanol–water partition coefficient (Wildman–Crippen LogP) is 1.34. The number of thiophene rings is 1. The van der Waals surface area contributed by atoms with Gasteiger partial charge in [-0.25, -0.2) is 4.79 Å². The minimum absolute atomic E-state index is 0.273. The Morgan fingerprint density at radius 2 is 2.03 bits per heavy atom. The highest BCUT2D eigenvalue weighted by Gasteiger charge is 2.32. The van der Waals surface area contributed by atoms with Gasteiger partial charge in [0.1, 0.15) is 11.4 Å². The van der Waals surface area contributed by atoms with Crippen LogP contribution in [0.5, 0.6) is 0 Å². The number of amides is 1. The van der Waals surface area contributed by atoms with Crippen molar-refractivity contribution >= 4 is 27.5 Å². The number of nitrogens with two attached hydrogens (primary N) is 1. The maximum atomic E-state index is 13.3. The zero-order valence-corrected chi connectivity index (χ0v) is 18.2. The van der Waals surface area contributed by atoms with Gasteiger partial charge in [0.25, 0.3) is 5.56 Å². The van der Waals surface area contributed by atoms with Gasteiger partial charge in [-0.3, -0.25) is 18.7 Å². The highest BCUT2D eigenvalue weighted by molar-refractivity contribution is 7.18. The molecule has 0 fully saturated rings. The molecule has 0 saturated heterocycles. The van der Waals surface area contributed by atoms with Crippen LogP contribution < -0.4 is 22.3 Å². The lowest BCUT2D eigenvalue weighted by Gasteiger charge is -2.29. The number of aromatic nitrogens is 2. The van der Waals surface area contributed by atoms with Crippen LogP contribution in [0.15, 0.2) is 9.59 Å². The van der Waals surface area contributed by atoms with E-state index in [-0.39, 0.29) is 23.6 Å². The molecule has 1 aliphatic rings. The maximum Gasteiger partial charge on any atom is 0.332 e. The summed E-state index contributed by atoms with van der Waals surface area (Å²) in [6, 6.07) is 0. The molecule has 3 N–H and O–H groups in total. The lowest BCUT2D eigenvalue weighted by atomic mass is 9.94. The van der Waals surface area contributed by atoms with Gasteiger partial charge in [-0.2, -0.15) is 0 Å². The second-order valence-corrected chi connectivity index (χ2v) is 9.16. The average molecular weight is 423 g/mol. The summed E-state index contributed by atoms with van der Waals surface area (Å²) in [5.74, 6) is -0.337. The number of nitrogens with zero attached hydrogens (tertiary/aromatic N) is 2. The van der Waals surface area contributed by atoms with Crippen LogP contribution in [-0.2, 0) is 35.6 Å². The van der Waals surface area contributed by atoms with Gasteiger partial charge in [0.05, 0.1) is 17.6 Å². The third-order valence-electron chi connectivity index (χ3n) is 5.14. The van der Waals surface area contributed by atoms with E-state index in [0.29, 0.717) is 42.9 Å². The number of fused-ring (bicyclic) bond motifs is 3. The van der Waals surface area contributed by atoms with Gasteiger partial charge in [0.15, 0.2) is 0 Å². The summed E-state index contributed by atoms with van der Waals surface area (Å²) in [4.78, 5) is 40.4. The number of rotatable bonds is 8. The number of hydrogen-bond acceptors (Lipinski definition) is 6. The third-order valence-corrected chi connectivity index (χ3v) is 6.37. The topological polar surface area (TPSA) is 108 Å².